The van der Waals surface area contributed by atoms with Crippen molar-refractivity contribution >= 4 is 22.9 Å². The van der Waals surface area contributed by atoms with E-state index in [1.165, 1.54) is 18.2 Å². The number of aromatic nitrogens is 2. The molecule has 2 N–H and O–H groups in total. The Hall–Kier alpha value is -2.99. The van der Waals surface area contributed by atoms with Crippen LogP contribution in [0.3, 0.4) is 0 Å². The van der Waals surface area contributed by atoms with E-state index in [0.29, 0.717) is 12.1 Å². The minimum atomic E-state index is -0.687. The van der Waals surface area contributed by atoms with Crippen molar-refractivity contribution in [1.82, 2.24) is 15.0 Å². The summed E-state index contributed by atoms with van der Waals surface area (Å²) in [5.41, 5.74) is 4.00. The van der Waals surface area contributed by atoms with Crippen LogP contribution >= 0.6 is 0 Å². The minimum Gasteiger partial charge on any atom is -0.342 e. The maximum atomic E-state index is 13.0. The molecule has 0 spiro atoms. The maximum Gasteiger partial charge on any atom is 0.293 e. The number of halogens is 1. The molecule has 0 aliphatic heterocycles. The standard InChI is InChI=1S/C17H14FN3O2/c1-2-13-14-7-8-21(10-11-3-5-12(18)6-4-11)15(14)9-19-16(13)17(22)20-23/h2-9,23H,1,10H2,(H,20,22). The predicted molar refractivity (Wildman–Crippen MR) is 84.6 cm³/mol. The largest absolute Gasteiger partial charge is 0.342 e. The molecule has 5 nitrogen and oxygen atoms in total. The van der Waals surface area contributed by atoms with Crippen LogP contribution in [0.4, 0.5) is 4.39 Å². The van der Waals surface area contributed by atoms with Crippen molar-refractivity contribution in [2.24, 2.45) is 0 Å². The van der Waals surface area contributed by atoms with Crippen molar-refractivity contribution in [1.29, 1.82) is 0 Å². The van der Waals surface area contributed by atoms with Crippen LogP contribution in [0.15, 0.2) is 49.3 Å². The lowest BCUT2D eigenvalue weighted by atomic mass is 10.1. The summed E-state index contributed by atoms with van der Waals surface area (Å²) in [5.74, 6) is -0.963. The zero-order chi connectivity index (χ0) is 16.4. The van der Waals surface area contributed by atoms with Gasteiger partial charge >= 0.3 is 0 Å². The highest BCUT2D eigenvalue weighted by Crippen LogP contribution is 2.24. The SMILES string of the molecule is C=Cc1c(C(=O)NO)ncc2c1ccn2Cc1ccc(F)cc1. The van der Waals surface area contributed by atoms with E-state index in [4.69, 9.17) is 5.21 Å². The third kappa shape index (κ3) is 2.72. The van der Waals surface area contributed by atoms with Gasteiger partial charge in [0.1, 0.15) is 11.5 Å². The highest BCUT2D eigenvalue weighted by atomic mass is 19.1. The number of carbonyl (C=O) groups excluding carboxylic acids is 1. The van der Waals surface area contributed by atoms with Crippen molar-refractivity contribution in [2.75, 3.05) is 0 Å². The number of nitrogens with one attached hydrogen (secondary N) is 1. The Morgan fingerprint density at radius 3 is 2.74 bits per heavy atom. The summed E-state index contributed by atoms with van der Waals surface area (Å²) in [6.45, 7) is 4.26. The molecule has 0 bridgehead atoms. The number of fused-ring (bicyclic) bond motifs is 1. The van der Waals surface area contributed by atoms with E-state index < -0.39 is 5.91 Å². The van der Waals surface area contributed by atoms with Crippen molar-refractivity contribution in [3.8, 4) is 0 Å². The zero-order valence-electron chi connectivity index (χ0n) is 12.2. The van der Waals surface area contributed by atoms with Gasteiger partial charge in [-0.05, 0) is 23.8 Å². The molecule has 0 atom stereocenters. The maximum absolute atomic E-state index is 13.0. The summed E-state index contributed by atoms with van der Waals surface area (Å²) >= 11 is 0. The number of amides is 1. The van der Waals surface area contributed by atoms with E-state index in [9.17, 15) is 9.18 Å². The summed E-state index contributed by atoms with van der Waals surface area (Å²) < 4.78 is 14.9. The molecule has 0 radical (unpaired) electrons. The second-order valence-corrected chi connectivity index (χ2v) is 5.03. The minimum absolute atomic E-state index is 0.106. The van der Waals surface area contributed by atoms with Gasteiger partial charge in [-0.2, -0.15) is 0 Å². The Kier molecular flexibility index (Phi) is 3.91. The highest BCUT2D eigenvalue weighted by Gasteiger charge is 2.15. The van der Waals surface area contributed by atoms with E-state index in [-0.39, 0.29) is 11.5 Å². The molecule has 2 heterocycles. The van der Waals surface area contributed by atoms with Crippen LogP contribution in [0.25, 0.3) is 17.0 Å². The van der Waals surface area contributed by atoms with Gasteiger partial charge in [-0.15, -0.1) is 0 Å². The Labute approximate surface area is 131 Å². The highest BCUT2D eigenvalue weighted by molar-refractivity contribution is 6.01. The molecule has 23 heavy (non-hydrogen) atoms. The molecular weight excluding hydrogens is 297 g/mol. The summed E-state index contributed by atoms with van der Waals surface area (Å²) in [7, 11) is 0. The molecule has 6 heteroatoms. The van der Waals surface area contributed by atoms with Gasteiger partial charge in [0.05, 0.1) is 11.7 Å². The monoisotopic (exact) mass is 311 g/mol. The van der Waals surface area contributed by atoms with Crippen LogP contribution in [0.1, 0.15) is 21.6 Å². The van der Waals surface area contributed by atoms with Crippen LogP contribution in [0.2, 0.25) is 0 Å². The van der Waals surface area contributed by atoms with Crippen LogP contribution in [-0.4, -0.2) is 20.7 Å². The zero-order valence-corrected chi connectivity index (χ0v) is 12.2. The molecule has 2 aromatic heterocycles. The molecule has 0 aliphatic rings. The molecule has 0 unspecified atom stereocenters. The Bertz CT molecular complexity index is 885. The van der Waals surface area contributed by atoms with Crippen molar-refractivity contribution in [3.05, 3.63) is 71.9 Å². The van der Waals surface area contributed by atoms with Crippen molar-refractivity contribution in [2.45, 2.75) is 6.54 Å². The van der Waals surface area contributed by atoms with Gasteiger partial charge in [0, 0.05) is 23.7 Å². The van der Waals surface area contributed by atoms with E-state index in [1.807, 2.05) is 16.8 Å². The first-order valence-electron chi connectivity index (χ1n) is 6.93. The van der Waals surface area contributed by atoms with E-state index >= 15 is 0 Å². The van der Waals surface area contributed by atoms with Gasteiger partial charge in [0.15, 0.2) is 0 Å². The third-order valence-electron chi connectivity index (χ3n) is 3.65. The average molecular weight is 311 g/mol. The second kappa shape index (κ2) is 6.02. The smallest absolute Gasteiger partial charge is 0.293 e. The lowest BCUT2D eigenvalue weighted by molar-refractivity contribution is 0.0700. The first kappa shape index (κ1) is 14.9. The fourth-order valence-corrected chi connectivity index (χ4v) is 2.54. The molecular formula is C17H14FN3O2. The Morgan fingerprint density at radius 1 is 1.35 bits per heavy atom. The number of hydrogen-bond acceptors (Lipinski definition) is 3. The average Bonchev–Trinajstić information content (AvgIpc) is 2.98. The number of pyridine rings is 1. The molecule has 1 amide bonds. The fraction of sp³-hybridized carbons (Fsp3) is 0.0588. The fourth-order valence-electron chi connectivity index (χ4n) is 2.54. The molecule has 3 rings (SSSR count). The molecule has 0 saturated carbocycles. The van der Waals surface area contributed by atoms with Gasteiger partial charge in [-0.3, -0.25) is 10.0 Å². The van der Waals surface area contributed by atoms with Crippen molar-refractivity contribution in [3.63, 3.8) is 0 Å². The second-order valence-electron chi connectivity index (χ2n) is 5.03. The molecule has 116 valence electrons. The Morgan fingerprint density at radius 2 is 2.09 bits per heavy atom. The third-order valence-corrected chi connectivity index (χ3v) is 3.65. The summed E-state index contributed by atoms with van der Waals surface area (Å²) in [6, 6.07) is 8.12. The van der Waals surface area contributed by atoms with E-state index in [2.05, 4.69) is 11.6 Å². The van der Waals surface area contributed by atoms with Crippen LogP contribution in [0.5, 0.6) is 0 Å². The van der Waals surface area contributed by atoms with Crippen molar-refractivity contribution < 1.29 is 14.4 Å². The molecule has 1 aromatic carbocycles. The molecule has 0 saturated heterocycles. The number of rotatable bonds is 4. The number of carbonyl (C=O) groups is 1. The van der Waals surface area contributed by atoms with Gasteiger partial charge in [0.25, 0.3) is 5.91 Å². The van der Waals surface area contributed by atoms with E-state index in [0.717, 1.165) is 16.5 Å². The predicted octanol–water partition coefficient (Wildman–Crippen LogP) is 2.99. The van der Waals surface area contributed by atoms with Gasteiger partial charge in [-0.1, -0.05) is 24.8 Å². The summed E-state index contributed by atoms with van der Waals surface area (Å²) in [4.78, 5) is 15.8. The normalized spacial score (nSPS) is 10.7. The lowest BCUT2D eigenvalue weighted by Gasteiger charge is -2.08. The molecule has 0 aliphatic carbocycles. The number of nitrogens with zero attached hydrogens (tertiary/aromatic N) is 2. The first-order valence-corrected chi connectivity index (χ1v) is 6.93. The summed E-state index contributed by atoms with van der Waals surface area (Å²) in [5, 5.41) is 9.59. The number of hydroxylamine groups is 1. The number of benzene rings is 1. The molecule has 3 aromatic rings. The first-order chi connectivity index (χ1) is 11.1. The molecule has 0 fully saturated rings. The number of hydrogen-bond donors (Lipinski definition) is 2. The quantitative estimate of drug-likeness (QED) is 0.575. The van der Waals surface area contributed by atoms with Gasteiger partial charge in [0.2, 0.25) is 0 Å². The van der Waals surface area contributed by atoms with Gasteiger partial charge < -0.3 is 4.57 Å². The van der Waals surface area contributed by atoms with E-state index in [1.54, 1.807) is 23.8 Å². The Balaban J connectivity index is 2.05. The van der Waals surface area contributed by atoms with Crippen LogP contribution < -0.4 is 5.48 Å². The topological polar surface area (TPSA) is 67.2 Å². The lowest BCUT2D eigenvalue weighted by Crippen LogP contribution is -2.21. The van der Waals surface area contributed by atoms with Crippen LogP contribution in [-0.2, 0) is 6.54 Å². The summed E-state index contributed by atoms with van der Waals surface area (Å²) in [6.07, 6.45) is 4.96. The van der Waals surface area contributed by atoms with Gasteiger partial charge in [-0.25, -0.2) is 14.9 Å². The van der Waals surface area contributed by atoms with Crippen LogP contribution in [0, 0.1) is 5.82 Å².